The zero-order valence-electron chi connectivity index (χ0n) is 13.0. The number of rotatable bonds is 4. The summed E-state index contributed by atoms with van der Waals surface area (Å²) in [5.74, 6) is -0.290. The molecule has 132 valence electrons. The third-order valence-corrected chi connectivity index (χ3v) is 4.47. The molecule has 1 fully saturated rings. The lowest BCUT2D eigenvalue weighted by molar-refractivity contribution is -0.384. The van der Waals surface area contributed by atoms with Crippen molar-refractivity contribution in [1.29, 1.82) is 0 Å². The number of aromatic nitrogens is 2. The lowest BCUT2D eigenvalue weighted by atomic mass is 10.1. The van der Waals surface area contributed by atoms with E-state index >= 15 is 0 Å². The number of hydrogen-bond acceptors (Lipinski definition) is 5. The number of non-ortho nitro benzene ring substituents is 1. The fraction of sp³-hybridized carbons (Fsp3) is 0.333. The number of nitro groups is 1. The Hall–Kier alpha value is -2.16. The van der Waals surface area contributed by atoms with Gasteiger partial charge < -0.3 is 10.6 Å². The highest BCUT2D eigenvalue weighted by Gasteiger charge is 2.20. The summed E-state index contributed by atoms with van der Waals surface area (Å²) in [4.78, 5) is 22.6. The van der Waals surface area contributed by atoms with Crippen LogP contribution in [0.4, 0.5) is 5.69 Å². The van der Waals surface area contributed by atoms with Crippen molar-refractivity contribution in [2.45, 2.75) is 18.9 Å². The van der Waals surface area contributed by atoms with Crippen LogP contribution in [0, 0.1) is 10.1 Å². The van der Waals surface area contributed by atoms with E-state index < -0.39 is 4.92 Å². The van der Waals surface area contributed by atoms with Crippen LogP contribution in [0.3, 0.4) is 0 Å². The second kappa shape index (κ2) is 7.38. The molecule has 0 radical (unpaired) electrons. The van der Waals surface area contributed by atoms with Crippen LogP contribution in [0.5, 0.6) is 0 Å². The van der Waals surface area contributed by atoms with Gasteiger partial charge >= 0.3 is 0 Å². The number of amides is 1. The fourth-order valence-electron chi connectivity index (χ4n) is 2.68. The van der Waals surface area contributed by atoms with Gasteiger partial charge in [-0.2, -0.15) is 5.10 Å². The highest BCUT2D eigenvalue weighted by Crippen LogP contribution is 2.32. The highest BCUT2D eigenvalue weighted by molar-refractivity contribution is 6.38. The van der Waals surface area contributed by atoms with E-state index in [-0.39, 0.29) is 39.1 Å². The van der Waals surface area contributed by atoms with Crippen LogP contribution >= 0.6 is 23.2 Å². The van der Waals surface area contributed by atoms with Crippen molar-refractivity contribution in [2.24, 2.45) is 0 Å². The predicted molar refractivity (Wildman–Crippen MR) is 93.6 cm³/mol. The molecule has 2 heterocycles. The third kappa shape index (κ3) is 3.92. The molecule has 2 aromatic rings. The Morgan fingerprint density at radius 3 is 2.72 bits per heavy atom. The highest BCUT2D eigenvalue weighted by atomic mass is 35.5. The van der Waals surface area contributed by atoms with E-state index in [2.05, 4.69) is 15.7 Å². The van der Waals surface area contributed by atoms with Gasteiger partial charge in [0.25, 0.3) is 11.6 Å². The molecule has 1 aromatic carbocycles. The van der Waals surface area contributed by atoms with Gasteiger partial charge in [0.15, 0.2) is 5.69 Å². The maximum atomic E-state index is 12.3. The zero-order valence-corrected chi connectivity index (χ0v) is 14.5. The average molecular weight is 384 g/mol. The molecule has 1 saturated heterocycles. The summed E-state index contributed by atoms with van der Waals surface area (Å²) in [6.07, 6.45) is 3.46. The van der Waals surface area contributed by atoms with Crippen LogP contribution in [0.15, 0.2) is 24.4 Å². The smallest absolute Gasteiger partial charge is 0.272 e. The van der Waals surface area contributed by atoms with E-state index in [0.717, 1.165) is 25.9 Å². The minimum Gasteiger partial charge on any atom is -0.347 e. The number of nitrogens with one attached hydrogen (secondary N) is 2. The summed E-state index contributed by atoms with van der Waals surface area (Å²) in [5.41, 5.74) is 0.289. The van der Waals surface area contributed by atoms with Crippen LogP contribution in [-0.4, -0.2) is 39.7 Å². The summed E-state index contributed by atoms with van der Waals surface area (Å²) in [5, 5.41) is 21.3. The molecule has 1 amide bonds. The minimum atomic E-state index is -0.582. The Labute approximate surface area is 153 Å². The molecule has 10 heteroatoms. The number of piperidine rings is 1. The molecular formula is C15H15Cl2N5O3. The molecule has 25 heavy (non-hydrogen) atoms. The lowest BCUT2D eigenvalue weighted by Gasteiger charge is -2.23. The fourth-order valence-corrected chi connectivity index (χ4v) is 3.33. The number of hydrogen-bond donors (Lipinski definition) is 2. The molecule has 0 spiro atoms. The maximum Gasteiger partial charge on any atom is 0.272 e. The van der Waals surface area contributed by atoms with Gasteiger partial charge in [0.05, 0.1) is 15.0 Å². The van der Waals surface area contributed by atoms with E-state index in [0.29, 0.717) is 0 Å². The summed E-state index contributed by atoms with van der Waals surface area (Å²) in [6, 6.07) is 3.99. The number of halogens is 2. The van der Waals surface area contributed by atoms with Crippen LogP contribution in [0.2, 0.25) is 10.0 Å². The van der Waals surface area contributed by atoms with Gasteiger partial charge in [0, 0.05) is 30.9 Å². The molecular weight excluding hydrogens is 369 g/mol. The first-order valence-electron chi connectivity index (χ1n) is 7.67. The Bertz CT molecular complexity index is 794. The van der Waals surface area contributed by atoms with Gasteiger partial charge in [-0.1, -0.05) is 23.2 Å². The number of benzene rings is 1. The van der Waals surface area contributed by atoms with Gasteiger partial charge in [0.1, 0.15) is 5.69 Å². The summed E-state index contributed by atoms with van der Waals surface area (Å²) in [7, 11) is 0. The topological polar surface area (TPSA) is 102 Å². The quantitative estimate of drug-likeness (QED) is 0.623. The lowest BCUT2D eigenvalue weighted by Crippen LogP contribution is -2.45. The largest absolute Gasteiger partial charge is 0.347 e. The number of carbonyl (C=O) groups excluding carboxylic acids is 1. The van der Waals surface area contributed by atoms with Crippen molar-refractivity contribution in [3.8, 4) is 5.69 Å². The molecule has 8 nitrogen and oxygen atoms in total. The first-order valence-corrected chi connectivity index (χ1v) is 8.42. The van der Waals surface area contributed by atoms with E-state index in [1.54, 1.807) is 6.07 Å². The van der Waals surface area contributed by atoms with Crippen molar-refractivity contribution < 1.29 is 9.72 Å². The molecule has 1 aliphatic heterocycles. The molecule has 0 aliphatic carbocycles. The maximum absolute atomic E-state index is 12.3. The number of nitrogens with zero attached hydrogens (tertiary/aromatic N) is 3. The average Bonchev–Trinajstić information content (AvgIpc) is 3.04. The molecule has 1 unspecified atom stereocenters. The van der Waals surface area contributed by atoms with Gasteiger partial charge in [0.2, 0.25) is 0 Å². The van der Waals surface area contributed by atoms with Crippen LogP contribution in [0.1, 0.15) is 23.3 Å². The Morgan fingerprint density at radius 2 is 2.12 bits per heavy atom. The van der Waals surface area contributed by atoms with Crippen molar-refractivity contribution in [3.05, 3.63) is 50.2 Å². The monoisotopic (exact) mass is 383 g/mol. The van der Waals surface area contributed by atoms with Crippen LogP contribution < -0.4 is 10.6 Å². The van der Waals surface area contributed by atoms with Crippen molar-refractivity contribution in [3.63, 3.8) is 0 Å². The Morgan fingerprint density at radius 1 is 1.40 bits per heavy atom. The van der Waals surface area contributed by atoms with Crippen molar-refractivity contribution >= 4 is 34.8 Å². The first kappa shape index (κ1) is 17.7. The Balaban J connectivity index is 1.81. The summed E-state index contributed by atoms with van der Waals surface area (Å²) >= 11 is 12.2. The molecule has 3 rings (SSSR count). The van der Waals surface area contributed by atoms with E-state index in [1.165, 1.54) is 23.0 Å². The summed E-state index contributed by atoms with van der Waals surface area (Å²) in [6.45, 7) is 1.69. The number of carbonyl (C=O) groups is 1. The SMILES string of the molecule is O=C(NC1CCCNC1)c1ccn(-c2c(Cl)cc([N+](=O)[O-])cc2Cl)n1. The molecule has 0 saturated carbocycles. The zero-order chi connectivity index (χ0) is 18.0. The molecule has 2 N–H and O–H groups in total. The first-order chi connectivity index (χ1) is 12.0. The standard InChI is InChI=1S/C15H15Cl2N5O3/c16-11-6-10(22(24)25)7-12(17)14(11)21-5-3-13(20-21)15(23)19-9-2-1-4-18-8-9/h3,5-7,9,18H,1-2,4,8H2,(H,19,23). The molecule has 1 aromatic heterocycles. The van der Waals surface area contributed by atoms with Gasteiger partial charge in [-0.05, 0) is 25.5 Å². The molecule has 1 atom stereocenters. The van der Waals surface area contributed by atoms with Crippen molar-refractivity contribution in [1.82, 2.24) is 20.4 Å². The van der Waals surface area contributed by atoms with Gasteiger partial charge in [-0.25, -0.2) is 4.68 Å². The molecule has 1 aliphatic rings. The second-order valence-corrected chi connectivity index (χ2v) is 6.49. The normalized spacial score (nSPS) is 17.3. The van der Waals surface area contributed by atoms with E-state index in [9.17, 15) is 14.9 Å². The van der Waals surface area contributed by atoms with Gasteiger partial charge in [-0.3, -0.25) is 14.9 Å². The predicted octanol–water partition coefficient (Wildman–Crippen LogP) is 2.57. The van der Waals surface area contributed by atoms with Crippen molar-refractivity contribution in [2.75, 3.05) is 13.1 Å². The van der Waals surface area contributed by atoms with Gasteiger partial charge in [-0.15, -0.1) is 0 Å². The third-order valence-electron chi connectivity index (χ3n) is 3.90. The van der Waals surface area contributed by atoms with Crippen LogP contribution in [-0.2, 0) is 0 Å². The van der Waals surface area contributed by atoms with E-state index in [4.69, 9.17) is 23.2 Å². The van der Waals surface area contributed by atoms with Crippen LogP contribution in [0.25, 0.3) is 5.69 Å². The minimum absolute atomic E-state index is 0.0675. The second-order valence-electron chi connectivity index (χ2n) is 5.68. The number of nitro benzene ring substituents is 1. The van der Waals surface area contributed by atoms with E-state index in [1.807, 2.05) is 0 Å². The Kier molecular flexibility index (Phi) is 5.22. The summed E-state index contributed by atoms with van der Waals surface area (Å²) < 4.78 is 1.34. The molecule has 0 bridgehead atoms.